The third-order valence-corrected chi connectivity index (χ3v) is 5.65. The average molecular weight is 368 g/mol. The maximum atomic E-state index is 12.8. The van der Waals surface area contributed by atoms with E-state index in [-0.39, 0.29) is 24.7 Å². The van der Waals surface area contributed by atoms with Crippen LogP contribution in [0, 0.1) is 5.92 Å². The quantitative estimate of drug-likeness (QED) is 0.898. The zero-order chi connectivity index (χ0) is 18.9. The molecule has 2 bridgehead atoms. The third kappa shape index (κ3) is 3.37. The lowest BCUT2D eigenvalue weighted by molar-refractivity contribution is -0.131. The van der Waals surface area contributed by atoms with Gasteiger partial charge >= 0.3 is 6.09 Å². The second-order valence-electron chi connectivity index (χ2n) is 7.35. The van der Waals surface area contributed by atoms with Gasteiger partial charge in [0.25, 0.3) is 0 Å². The van der Waals surface area contributed by atoms with Gasteiger partial charge in [0.2, 0.25) is 5.88 Å². The maximum Gasteiger partial charge on any atom is 0.410 e. The van der Waals surface area contributed by atoms with Crippen LogP contribution in [0.2, 0.25) is 0 Å². The molecule has 1 aliphatic carbocycles. The van der Waals surface area contributed by atoms with Gasteiger partial charge in [-0.15, -0.1) is 0 Å². The summed E-state index contributed by atoms with van der Waals surface area (Å²) < 4.78 is 10.7. The molecule has 0 radical (unpaired) electrons. The molecular weight excluding hydrogens is 344 g/mol. The minimum atomic E-state index is -1.18. The van der Waals surface area contributed by atoms with E-state index in [9.17, 15) is 9.90 Å². The summed E-state index contributed by atoms with van der Waals surface area (Å²) in [5, 5.41) is 11.5. The molecule has 1 aromatic carbocycles. The first-order chi connectivity index (χ1) is 13.1. The van der Waals surface area contributed by atoms with E-state index < -0.39 is 5.60 Å². The summed E-state index contributed by atoms with van der Waals surface area (Å²) in [6.07, 6.45) is 1.95. The first kappa shape index (κ1) is 17.8. The van der Waals surface area contributed by atoms with Gasteiger partial charge in [-0.2, -0.15) is 0 Å². The summed E-state index contributed by atoms with van der Waals surface area (Å²) in [6, 6.07) is 14.6. The van der Waals surface area contributed by atoms with Crippen LogP contribution in [0.15, 0.2) is 48.5 Å². The first-order valence-corrected chi connectivity index (χ1v) is 9.31. The van der Waals surface area contributed by atoms with Crippen LogP contribution < -0.4 is 4.74 Å². The van der Waals surface area contributed by atoms with Crippen LogP contribution >= 0.6 is 0 Å². The number of piperidine rings is 2. The molecular formula is C21H24N2O4. The lowest BCUT2D eigenvalue weighted by atomic mass is 9.68. The molecule has 3 heterocycles. The van der Waals surface area contributed by atoms with Gasteiger partial charge in [-0.1, -0.05) is 36.4 Å². The second-order valence-corrected chi connectivity index (χ2v) is 7.35. The molecule has 3 fully saturated rings. The number of rotatable bonds is 4. The molecule has 1 amide bonds. The number of pyridine rings is 1. The van der Waals surface area contributed by atoms with Crippen LogP contribution in [0.1, 0.15) is 30.5 Å². The minimum absolute atomic E-state index is 0.226. The number of nitrogens with zero attached hydrogens (tertiary/aromatic N) is 2. The summed E-state index contributed by atoms with van der Waals surface area (Å²) in [7, 11) is 1.55. The highest BCUT2D eigenvalue weighted by Gasteiger charge is 2.54. The molecule has 6 nitrogen and oxygen atoms in total. The molecule has 2 aliphatic heterocycles. The van der Waals surface area contributed by atoms with Gasteiger partial charge in [0.1, 0.15) is 12.2 Å². The summed E-state index contributed by atoms with van der Waals surface area (Å²) in [5.74, 6) is 0.692. The predicted octanol–water partition coefficient (Wildman–Crippen LogP) is 3.10. The number of hydrogen-bond donors (Lipinski definition) is 1. The zero-order valence-electron chi connectivity index (χ0n) is 15.4. The Hall–Kier alpha value is -2.60. The van der Waals surface area contributed by atoms with Crippen molar-refractivity contribution in [3.8, 4) is 5.88 Å². The van der Waals surface area contributed by atoms with Crippen molar-refractivity contribution in [2.24, 2.45) is 5.92 Å². The van der Waals surface area contributed by atoms with E-state index in [1.54, 1.807) is 24.1 Å². The van der Waals surface area contributed by atoms with Gasteiger partial charge in [0, 0.05) is 12.6 Å². The van der Waals surface area contributed by atoms with Crippen LogP contribution in [0.4, 0.5) is 4.79 Å². The summed E-state index contributed by atoms with van der Waals surface area (Å²) in [4.78, 5) is 18.9. The standard InChI is InChI=1S/C21H24N2O4/c1-26-19-9-5-8-17(22-19)21(25)12-16-10-11-18(21)23(13-16)20(24)27-14-15-6-3-2-4-7-15/h2-9,16,18,25H,10-14H2,1H3. The SMILES string of the molecule is COc1cccc(C2(O)CC3CCC2N(C(=O)OCc2ccccc2)C3)n1. The monoisotopic (exact) mass is 368 g/mol. The Morgan fingerprint density at radius 2 is 2.04 bits per heavy atom. The fourth-order valence-electron chi connectivity index (χ4n) is 4.33. The molecule has 2 saturated heterocycles. The smallest absolute Gasteiger partial charge is 0.410 e. The van der Waals surface area contributed by atoms with Gasteiger partial charge in [-0.3, -0.25) is 0 Å². The molecule has 1 N–H and O–H groups in total. The number of aliphatic hydroxyl groups is 1. The molecule has 3 unspecified atom stereocenters. The van der Waals surface area contributed by atoms with E-state index in [0.29, 0.717) is 24.5 Å². The molecule has 5 rings (SSSR count). The second kappa shape index (κ2) is 7.19. The molecule has 2 aromatic rings. The Morgan fingerprint density at radius 3 is 2.78 bits per heavy atom. The Bertz CT molecular complexity index is 813. The number of benzene rings is 1. The average Bonchev–Trinajstić information content (AvgIpc) is 2.73. The number of carbonyl (C=O) groups is 1. The Balaban J connectivity index is 1.53. The van der Waals surface area contributed by atoms with Gasteiger partial charge < -0.3 is 19.5 Å². The lowest BCUT2D eigenvalue weighted by Gasteiger charge is -2.53. The van der Waals surface area contributed by atoms with Crippen molar-refractivity contribution in [2.75, 3.05) is 13.7 Å². The number of carbonyl (C=O) groups excluding carboxylic acids is 1. The highest BCUT2D eigenvalue weighted by Crippen LogP contribution is 2.47. The van der Waals surface area contributed by atoms with E-state index in [4.69, 9.17) is 9.47 Å². The van der Waals surface area contributed by atoms with Gasteiger partial charge in [0.05, 0.1) is 18.8 Å². The summed E-state index contributed by atoms with van der Waals surface area (Å²) >= 11 is 0. The molecule has 1 saturated carbocycles. The van der Waals surface area contributed by atoms with Crippen molar-refractivity contribution in [2.45, 2.75) is 37.5 Å². The number of amides is 1. The fourth-order valence-corrected chi connectivity index (χ4v) is 4.33. The van der Waals surface area contributed by atoms with E-state index in [1.807, 2.05) is 36.4 Å². The number of hydrogen-bond acceptors (Lipinski definition) is 5. The normalized spacial score (nSPS) is 26.7. The zero-order valence-corrected chi connectivity index (χ0v) is 15.4. The molecule has 27 heavy (non-hydrogen) atoms. The van der Waals surface area contributed by atoms with Crippen LogP contribution in [0.3, 0.4) is 0 Å². The van der Waals surface area contributed by atoms with Crippen molar-refractivity contribution in [3.63, 3.8) is 0 Å². The van der Waals surface area contributed by atoms with E-state index in [2.05, 4.69) is 4.98 Å². The molecule has 6 heteroatoms. The maximum absolute atomic E-state index is 12.8. The minimum Gasteiger partial charge on any atom is -0.481 e. The van der Waals surface area contributed by atoms with E-state index in [0.717, 1.165) is 18.4 Å². The summed E-state index contributed by atoms with van der Waals surface area (Å²) in [5.41, 5.74) is 0.316. The lowest BCUT2D eigenvalue weighted by Crippen LogP contribution is -2.63. The number of fused-ring (bicyclic) bond motifs is 3. The number of methoxy groups -OCH3 is 1. The van der Waals surface area contributed by atoms with Crippen molar-refractivity contribution in [1.29, 1.82) is 0 Å². The highest BCUT2D eigenvalue weighted by molar-refractivity contribution is 5.69. The number of aromatic nitrogens is 1. The Labute approximate surface area is 158 Å². The van der Waals surface area contributed by atoms with E-state index in [1.165, 1.54) is 0 Å². The largest absolute Gasteiger partial charge is 0.481 e. The van der Waals surface area contributed by atoms with Crippen LogP contribution in [-0.2, 0) is 16.9 Å². The van der Waals surface area contributed by atoms with E-state index >= 15 is 0 Å². The molecule has 0 spiro atoms. The Kier molecular flexibility index (Phi) is 4.74. The first-order valence-electron chi connectivity index (χ1n) is 9.31. The van der Waals surface area contributed by atoms with Gasteiger partial charge in [-0.25, -0.2) is 9.78 Å². The van der Waals surface area contributed by atoms with Crippen molar-refractivity contribution < 1.29 is 19.4 Å². The van der Waals surface area contributed by atoms with Crippen molar-refractivity contribution in [1.82, 2.24) is 9.88 Å². The third-order valence-electron chi connectivity index (χ3n) is 5.65. The summed E-state index contributed by atoms with van der Waals surface area (Å²) in [6.45, 7) is 0.841. The highest BCUT2D eigenvalue weighted by atomic mass is 16.6. The van der Waals surface area contributed by atoms with Crippen LogP contribution in [0.5, 0.6) is 5.88 Å². The van der Waals surface area contributed by atoms with Gasteiger partial charge in [0.15, 0.2) is 0 Å². The molecule has 1 aromatic heterocycles. The van der Waals surface area contributed by atoms with Crippen LogP contribution in [-0.4, -0.2) is 40.8 Å². The van der Waals surface area contributed by atoms with Crippen molar-refractivity contribution >= 4 is 6.09 Å². The molecule has 142 valence electrons. The number of ether oxygens (including phenoxy) is 2. The molecule has 3 aliphatic rings. The van der Waals surface area contributed by atoms with Crippen molar-refractivity contribution in [3.05, 3.63) is 59.8 Å². The van der Waals surface area contributed by atoms with Crippen LogP contribution in [0.25, 0.3) is 0 Å². The topological polar surface area (TPSA) is 71.9 Å². The Morgan fingerprint density at radius 1 is 1.22 bits per heavy atom. The predicted molar refractivity (Wildman–Crippen MR) is 99.1 cm³/mol. The fraction of sp³-hybridized carbons (Fsp3) is 0.429. The van der Waals surface area contributed by atoms with Gasteiger partial charge in [-0.05, 0) is 36.8 Å². The molecule has 3 atom stereocenters.